The number of nitrogens with zero attached hydrogens (tertiary/aromatic N) is 1. The topological polar surface area (TPSA) is 53.5 Å². The van der Waals surface area contributed by atoms with Gasteiger partial charge in [0.1, 0.15) is 0 Å². The summed E-state index contributed by atoms with van der Waals surface area (Å²) in [4.78, 5) is 17.0. The van der Waals surface area contributed by atoms with E-state index >= 15 is 0 Å². The molecule has 0 aliphatic rings. The van der Waals surface area contributed by atoms with Crippen LogP contribution in [0.1, 0.15) is 36.7 Å². The Morgan fingerprint density at radius 3 is 2.45 bits per heavy atom. The van der Waals surface area contributed by atoms with Gasteiger partial charge in [0.25, 0.3) is 5.91 Å². The van der Waals surface area contributed by atoms with Crippen LogP contribution in [0.5, 0.6) is 0 Å². The number of carbonyl (C=O) groups is 1. The molecule has 0 saturated carbocycles. The number of hydrogen-bond acceptors (Lipinski definition) is 4. The molecule has 5 heteroatoms. The second-order valence-corrected chi connectivity index (χ2v) is 7.10. The number of hydrogen-bond donors (Lipinski definition) is 2. The van der Waals surface area contributed by atoms with E-state index in [1.165, 1.54) is 5.56 Å². The van der Waals surface area contributed by atoms with E-state index in [1.807, 2.05) is 52.1 Å². The smallest absolute Gasteiger partial charge is 0.251 e. The van der Waals surface area contributed by atoms with Crippen molar-refractivity contribution in [3.8, 4) is 0 Å². The number of likely N-dealkylation sites (N-methyl/N-ethyl adjacent to an activating group) is 1. The fourth-order valence-electron chi connectivity index (χ4n) is 1.75. The van der Waals surface area contributed by atoms with E-state index < -0.39 is 0 Å². The molecule has 0 unspecified atom stereocenters. The molecule has 0 fully saturated rings. The molecule has 1 aromatic carbocycles. The Morgan fingerprint density at radius 1 is 1.32 bits per heavy atom. The highest BCUT2D eigenvalue weighted by Gasteiger charge is 2.14. The Bertz CT molecular complexity index is 530. The first-order valence-corrected chi connectivity index (χ1v) is 8.18. The Kier molecular flexibility index (Phi) is 7.35. The Hall–Kier alpha value is -1.59. The van der Waals surface area contributed by atoms with Crippen molar-refractivity contribution in [1.29, 1.82) is 0 Å². The van der Waals surface area contributed by atoms with Crippen molar-refractivity contribution < 1.29 is 4.79 Å². The second-order valence-electron chi connectivity index (χ2n) is 6.00. The molecule has 0 bridgehead atoms. The first-order chi connectivity index (χ1) is 10.4. The highest BCUT2D eigenvalue weighted by atomic mass is 32.2. The standard InChI is InChI=1S/C17H25N3OS/c1-17(2,3)20-16(21)14-8-6-13(7-9-14)12-22-15(10-18-4)11-19-5/h6-10,19H,4,11-12H2,1-3,5H3,(H,20,21)/b15-10-. The van der Waals surface area contributed by atoms with E-state index in [1.54, 1.807) is 18.0 Å². The van der Waals surface area contributed by atoms with Crippen LogP contribution >= 0.6 is 11.8 Å². The minimum atomic E-state index is -0.226. The minimum Gasteiger partial charge on any atom is -0.347 e. The summed E-state index contributed by atoms with van der Waals surface area (Å²) in [5, 5.41) is 6.06. The SMILES string of the molecule is C=N/C=C(/CNC)SCc1ccc(C(=O)NC(C)(C)C)cc1. The third-order valence-electron chi connectivity index (χ3n) is 2.72. The van der Waals surface area contributed by atoms with Crippen LogP contribution in [0, 0.1) is 0 Å². The lowest BCUT2D eigenvalue weighted by Crippen LogP contribution is -2.40. The number of rotatable bonds is 7. The third-order valence-corrected chi connectivity index (χ3v) is 3.81. The van der Waals surface area contributed by atoms with Gasteiger partial charge in [0.2, 0.25) is 0 Å². The predicted octanol–water partition coefficient (Wildman–Crippen LogP) is 3.21. The molecule has 0 aliphatic carbocycles. The Morgan fingerprint density at radius 2 is 1.95 bits per heavy atom. The van der Waals surface area contributed by atoms with Crippen LogP contribution in [0.3, 0.4) is 0 Å². The molecule has 0 saturated heterocycles. The highest BCUT2D eigenvalue weighted by Crippen LogP contribution is 2.21. The van der Waals surface area contributed by atoms with Crippen molar-refractivity contribution in [3.63, 3.8) is 0 Å². The summed E-state index contributed by atoms with van der Waals surface area (Å²) in [6.45, 7) is 10.2. The normalized spacial score (nSPS) is 12.1. The van der Waals surface area contributed by atoms with Gasteiger partial charge in [0.15, 0.2) is 0 Å². The molecule has 4 nitrogen and oxygen atoms in total. The number of aliphatic imine (C=N–C) groups is 1. The lowest BCUT2D eigenvalue weighted by atomic mass is 10.1. The molecule has 0 spiro atoms. The van der Waals surface area contributed by atoms with E-state index in [-0.39, 0.29) is 11.4 Å². The molecule has 0 aliphatic heterocycles. The van der Waals surface area contributed by atoms with Crippen molar-refractivity contribution in [2.75, 3.05) is 13.6 Å². The molecular weight excluding hydrogens is 294 g/mol. The number of thioether (sulfide) groups is 1. The summed E-state index contributed by atoms with van der Waals surface area (Å²) in [5.74, 6) is 0.794. The number of carbonyl (C=O) groups excluding carboxylic acids is 1. The zero-order valence-electron chi connectivity index (χ0n) is 13.8. The van der Waals surface area contributed by atoms with Gasteiger partial charge >= 0.3 is 0 Å². The summed E-state index contributed by atoms with van der Waals surface area (Å²) in [6, 6.07) is 7.71. The van der Waals surface area contributed by atoms with Crippen molar-refractivity contribution in [3.05, 3.63) is 46.5 Å². The molecule has 0 aromatic heterocycles. The molecule has 1 aromatic rings. The summed E-state index contributed by atoms with van der Waals surface area (Å²) in [6.07, 6.45) is 1.77. The quantitative estimate of drug-likeness (QED) is 0.759. The van der Waals surface area contributed by atoms with Crippen molar-refractivity contribution in [2.45, 2.75) is 32.1 Å². The van der Waals surface area contributed by atoms with Crippen LogP contribution < -0.4 is 10.6 Å². The average Bonchev–Trinajstić information content (AvgIpc) is 2.44. The fourth-order valence-corrected chi connectivity index (χ4v) is 2.69. The van der Waals surface area contributed by atoms with Crippen LogP contribution in [0.15, 0.2) is 40.4 Å². The van der Waals surface area contributed by atoms with E-state index in [4.69, 9.17) is 0 Å². The van der Waals surface area contributed by atoms with E-state index in [2.05, 4.69) is 22.3 Å². The molecular formula is C17H25N3OS. The average molecular weight is 319 g/mol. The zero-order chi connectivity index (χ0) is 16.6. The van der Waals surface area contributed by atoms with Gasteiger partial charge in [-0.25, -0.2) is 0 Å². The van der Waals surface area contributed by atoms with E-state index in [0.717, 1.165) is 17.2 Å². The summed E-state index contributed by atoms with van der Waals surface area (Å²) < 4.78 is 0. The van der Waals surface area contributed by atoms with Gasteiger partial charge in [-0.3, -0.25) is 9.79 Å². The van der Waals surface area contributed by atoms with Gasteiger partial charge in [-0.15, -0.1) is 11.8 Å². The molecule has 0 atom stereocenters. The lowest BCUT2D eigenvalue weighted by Gasteiger charge is -2.20. The van der Waals surface area contributed by atoms with Gasteiger partial charge in [-0.1, -0.05) is 12.1 Å². The number of benzene rings is 1. The molecule has 1 amide bonds. The number of nitrogens with one attached hydrogen (secondary N) is 2. The Balaban J connectivity index is 2.63. The van der Waals surface area contributed by atoms with E-state index in [9.17, 15) is 4.79 Å². The predicted molar refractivity (Wildman–Crippen MR) is 96.5 cm³/mol. The molecule has 22 heavy (non-hydrogen) atoms. The molecule has 120 valence electrons. The minimum absolute atomic E-state index is 0.0432. The van der Waals surface area contributed by atoms with Crippen LogP contribution in [0.25, 0.3) is 0 Å². The first kappa shape index (κ1) is 18.5. The van der Waals surface area contributed by atoms with Gasteiger partial charge in [-0.2, -0.15) is 0 Å². The van der Waals surface area contributed by atoms with Crippen molar-refractivity contribution in [2.24, 2.45) is 4.99 Å². The largest absolute Gasteiger partial charge is 0.347 e. The van der Waals surface area contributed by atoms with Crippen LogP contribution in [-0.2, 0) is 5.75 Å². The fraction of sp³-hybridized carbons (Fsp3) is 0.412. The number of amides is 1. The monoisotopic (exact) mass is 319 g/mol. The zero-order valence-corrected chi connectivity index (χ0v) is 14.6. The van der Waals surface area contributed by atoms with Crippen molar-refractivity contribution >= 4 is 24.4 Å². The maximum Gasteiger partial charge on any atom is 0.251 e. The van der Waals surface area contributed by atoms with Gasteiger partial charge in [-0.05, 0) is 52.2 Å². The molecule has 2 N–H and O–H groups in total. The molecule has 1 rings (SSSR count). The van der Waals surface area contributed by atoms with E-state index in [0.29, 0.717) is 5.56 Å². The van der Waals surface area contributed by atoms with Gasteiger partial charge in [0.05, 0.1) is 0 Å². The summed E-state index contributed by atoms with van der Waals surface area (Å²) >= 11 is 1.71. The second kappa shape index (κ2) is 8.76. The van der Waals surface area contributed by atoms with Gasteiger partial charge < -0.3 is 10.6 Å². The summed E-state index contributed by atoms with van der Waals surface area (Å²) in [5.41, 5.74) is 1.63. The third kappa shape index (κ3) is 6.91. The first-order valence-electron chi connectivity index (χ1n) is 7.19. The van der Waals surface area contributed by atoms with Crippen LogP contribution in [0.4, 0.5) is 0 Å². The maximum absolute atomic E-state index is 12.1. The van der Waals surface area contributed by atoms with Crippen molar-refractivity contribution in [1.82, 2.24) is 10.6 Å². The molecule has 0 heterocycles. The maximum atomic E-state index is 12.1. The Labute approximate surface area is 137 Å². The lowest BCUT2D eigenvalue weighted by molar-refractivity contribution is 0.0919. The van der Waals surface area contributed by atoms with Crippen LogP contribution in [-0.4, -0.2) is 31.8 Å². The highest BCUT2D eigenvalue weighted by molar-refractivity contribution is 8.02. The molecule has 0 radical (unpaired) electrons. The van der Waals surface area contributed by atoms with Crippen LogP contribution in [0.2, 0.25) is 0 Å². The van der Waals surface area contributed by atoms with Gasteiger partial charge in [0, 0.05) is 34.5 Å². The summed E-state index contributed by atoms with van der Waals surface area (Å²) in [7, 11) is 1.90.